The van der Waals surface area contributed by atoms with Gasteiger partial charge in [0.15, 0.2) is 0 Å². The standard InChI is InChI=1S/C16H26O.C11H14N.C2H6Si.2ClH.Ti/c1-3-5-7-9-14-11-15(10-8-6-4-2)13-16(17)12-14;1-12(2)11-7-9-5-3-4-6-10(9)8-11;1-3-2;;;/h11-13,17H,3-10H2,1-2H3;3-7,11H,8H2,1-2H3;1-2H3;2*1H;/q;-1;;;;. The Morgan fingerprint density at radius 3 is 1.80 bits per heavy atom. The molecule has 3 rings (SSSR count). The van der Waals surface area contributed by atoms with Gasteiger partial charge in [0.25, 0.3) is 0 Å². The van der Waals surface area contributed by atoms with Crippen molar-refractivity contribution >= 4 is 34.3 Å². The molecule has 1 aliphatic rings. The minimum absolute atomic E-state index is 0. The van der Waals surface area contributed by atoms with E-state index >= 15 is 0 Å². The largest absolute Gasteiger partial charge is 0.508 e. The van der Waals surface area contributed by atoms with E-state index in [4.69, 9.17) is 0 Å². The van der Waals surface area contributed by atoms with Crippen molar-refractivity contribution in [2.45, 2.75) is 90.8 Å². The summed E-state index contributed by atoms with van der Waals surface area (Å²) in [6, 6.07) is 15.3. The van der Waals surface area contributed by atoms with Crippen LogP contribution in [0.5, 0.6) is 5.75 Å². The number of halogens is 2. The molecule has 0 aromatic heterocycles. The molecule has 1 unspecified atom stereocenters. The van der Waals surface area contributed by atoms with E-state index in [0.29, 0.717) is 11.8 Å². The van der Waals surface area contributed by atoms with Crippen molar-refractivity contribution in [1.29, 1.82) is 0 Å². The van der Waals surface area contributed by atoms with E-state index in [0.717, 1.165) is 22.4 Å². The van der Waals surface area contributed by atoms with E-state index in [1.54, 1.807) is 0 Å². The number of nitrogens with zero attached hydrogens (tertiary/aromatic N) is 1. The van der Waals surface area contributed by atoms with Crippen LogP contribution in [0, 0.1) is 6.42 Å². The molecule has 0 saturated carbocycles. The third-order valence-corrected chi connectivity index (χ3v) is 5.69. The number of unbranched alkanes of at least 4 members (excludes halogenated alkanes) is 4. The molecule has 1 N–H and O–H groups in total. The topological polar surface area (TPSA) is 23.5 Å². The number of benzene rings is 2. The van der Waals surface area contributed by atoms with Gasteiger partial charge in [0, 0.05) is 31.2 Å². The van der Waals surface area contributed by atoms with Crippen molar-refractivity contribution in [2.24, 2.45) is 0 Å². The average molecular weight is 574 g/mol. The predicted molar refractivity (Wildman–Crippen MR) is 158 cm³/mol. The Labute approximate surface area is 246 Å². The van der Waals surface area contributed by atoms with Crippen LogP contribution in [0.1, 0.15) is 74.6 Å². The first-order valence-corrected chi connectivity index (χ1v) is 14.4. The third-order valence-electron chi connectivity index (χ3n) is 5.69. The number of likely N-dealkylation sites (N-methyl/N-ethyl adjacent to an activating group) is 1. The molecule has 1 atom stereocenters. The van der Waals surface area contributed by atoms with Crippen molar-refractivity contribution in [2.75, 3.05) is 14.1 Å². The van der Waals surface area contributed by atoms with Crippen molar-refractivity contribution in [1.82, 2.24) is 4.90 Å². The average Bonchev–Trinajstić information content (AvgIpc) is 3.20. The fourth-order valence-electron chi connectivity index (χ4n) is 3.90. The van der Waals surface area contributed by atoms with Gasteiger partial charge in [-0.3, -0.25) is 0 Å². The Balaban J connectivity index is -0.000000503. The van der Waals surface area contributed by atoms with Crippen LogP contribution >= 0.6 is 24.8 Å². The van der Waals surface area contributed by atoms with Crippen LogP contribution in [0.2, 0.25) is 13.1 Å². The predicted octanol–water partition coefficient (Wildman–Crippen LogP) is 8.21. The zero-order valence-electron chi connectivity index (χ0n) is 22.8. The molecular weight excluding hydrogens is 525 g/mol. The first-order chi connectivity index (χ1) is 15.4. The zero-order valence-corrected chi connectivity index (χ0v) is 27.0. The molecule has 0 heterocycles. The molecule has 2 aromatic carbocycles. The molecule has 0 bridgehead atoms. The Kier molecular flexibility index (Phi) is 26.8. The van der Waals surface area contributed by atoms with Crippen molar-refractivity contribution in [3.8, 4) is 5.75 Å². The number of hydrogen-bond acceptors (Lipinski definition) is 2. The molecule has 0 aliphatic heterocycles. The van der Waals surface area contributed by atoms with Gasteiger partial charge < -0.3 is 10.0 Å². The second-order valence-electron chi connectivity index (χ2n) is 9.02. The monoisotopic (exact) mass is 572 g/mol. The molecule has 0 saturated heterocycles. The van der Waals surface area contributed by atoms with E-state index in [1.807, 2.05) is 12.1 Å². The maximum absolute atomic E-state index is 9.71. The van der Waals surface area contributed by atoms with Crippen LogP contribution in [0.25, 0.3) is 0 Å². The molecule has 2 aromatic rings. The van der Waals surface area contributed by atoms with Crippen LogP contribution in [-0.2, 0) is 41.0 Å². The van der Waals surface area contributed by atoms with Crippen molar-refractivity contribution in [3.05, 3.63) is 71.1 Å². The maximum atomic E-state index is 9.71. The number of phenolic OH excluding ortho intramolecular Hbond substituents is 1. The quantitative estimate of drug-likeness (QED) is 0.186. The first-order valence-electron chi connectivity index (χ1n) is 12.4. The summed E-state index contributed by atoms with van der Waals surface area (Å²) in [5.74, 6) is 0.436. The molecule has 0 amide bonds. The van der Waals surface area contributed by atoms with Gasteiger partial charge in [-0.05, 0) is 69.1 Å². The maximum Gasteiger partial charge on any atom is 0.116 e. The van der Waals surface area contributed by atoms with Gasteiger partial charge in [0.1, 0.15) is 5.75 Å². The molecular formula is C29H48Cl2NOSiTi-. The second-order valence-corrected chi connectivity index (χ2v) is 10.0. The minimum Gasteiger partial charge on any atom is -0.508 e. The van der Waals surface area contributed by atoms with Crippen LogP contribution in [0.4, 0.5) is 0 Å². The SMILES string of the molecule is CCCCCc1cc(O)cc(CCCCC)c1.CN(C)C1[CH-]c2ccccc2C1.C[Si]C.Cl.Cl.[Ti]. The van der Waals surface area contributed by atoms with E-state index in [-0.39, 0.29) is 46.5 Å². The number of hydrogen-bond donors (Lipinski definition) is 1. The van der Waals surface area contributed by atoms with Gasteiger partial charge in [0.2, 0.25) is 0 Å². The summed E-state index contributed by atoms with van der Waals surface area (Å²) in [5, 5.41) is 9.71. The Bertz CT molecular complexity index is 708. The third kappa shape index (κ3) is 16.9. The van der Waals surface area contributed by atoms with Gasteiger partial charge in [-0.1, -0.05) is 71.2 Å². The normalized spacial score (nSPS) is 12.8. The summed E-state index contributed by atoms with van der Waals surface area (Å²) in [4.78, 5) is 2.26. The van der Waals surface area contributed by atoms with Crippen LogP contribution in [0.3, 0.4) is 0 Å². The first kappa shape index (κ1) is 39.1. The number of aryl methyl sites for hydroxylation is 2. The molecule has 2 nitrogen and oxygen atoms in total. The summed E-state index contributed by atoms with van der Waals surface area (Å²) < 4.78 is 0. The molecule has 1 aliphatic carbocycles. The molecule has 0 fully saturated rings. The fourth-order valence-corrected chi connectivity index (χ4v) is 3.90. The number of phenols is 1. The van der Waals surface area contributed by atoms with Crippen molar-refractivity contribution in [3.63, 3.8) is 0 Å². The van der Waals surface area contributed by atoms with Crippen molar-refractivity contribution < 1.29 is 26.8 Å². The summed E-state index contributed by atoms with van der Waals surface area (Å²) in [6.45, 7) is 8.75. The Morgan fingerprint density at radius 1 is 0.886 bits per heavy atom. The molecule has 198 valence electrons. The summed E-state index contributed by atoms with van der Waals surface area (Å²) >= 11 is 0. The van der Waals surface area contributed by atoms with Gasteiger partial charge in [0.05, 0.1) is 0 Å². The van der Waals surface area contributed by atoms with Gasteiger partial charge in [-0.2, -0.15) is 18.1 Å². The van der Waals surface area contributed by atoms with E-state index < -0.39 is 0 Å². The summed E-state index contributed by atoms with van der Waals surface area (Å²) in [7, 11) is 5.35. The summed E-state index contributed by atoms with van der Waals surface area (Å²) in [6.07, 6.45) is 13.2. The molecule has 0 spiro atoms. The molecule has 35 heavy (non-hydrogen) atoms. The number of aromatic hydroxyl groups is 1. The van der Waals surface area contributed by atoms with Crippen LogP contribution in [0.15, 0.2) is 42.5 Å². The van der Waals surface area contributed by atoms with E-state index in [1.165, 1.54) is 67.2 Å². The smallest absolute Gasteiger partial charge is 0.116 e. The van der Waals surface area contributed by atoms with E-state index in [9.17, 15) is 5.11 Å². The zero-order chi connectivity index (χ0) is 23.8. The van der Waals surface area contributed by atoms with E-state index in [2.05, 4.69) is 82.7 Å². The van der Waals surface area contributed by atoms with Crippen LogP contribution in [-0.4, -0.2) is 39.7 Å². The fraction of sp³-hybridized carbons (Fsp3) is 0.552. The molecule has 6 heteroatoms. The molecule has 2 radical (unpaired) electrons. The Morgan fingerprint density at radius 2 is 1.37 bits per heavy atom. The van der Waals surface area contributed by atoms with Gasteiger partial charge in [-0.15, -0.1) is 42.5 Å². The number of rotatable bonds is 9. The Hall–Kier alpha value is -0.419. The second kappa shape index (κ2) is 23.9. The van der Waals surface area contributed by atoms with Gasteiger partial charge in [-0.25, -0.2) is 0 Å². The minimum atomic E-state index is 0. The number of fused-ring (bicyclic) bond motifs is 1. The summed E-state index contributed by atoms with van der Waals surface area (Å²) in [5.41, 5.74) is 5.49. The van der Waals surface area contributed by atoms with Crippen LogP contribution < -0.4 is 0 Å². The van der Waals surface area contributed by atoms with Gasteiger partial charge >= 0.3 is 0 Å².